The third kappa shape index (κ3) is 2.73. The highest BCUT2D eigenvalue weighted by molar-refractivity contribution is 5.23. The van der Waals surface area contributed by atoms with E-state index in [2.05, 4.69) is 34.1 Å². The third-order valence-electron chi connectivity index (χ3n) is 2.81. The first-order chi connectivity index (χ1) is 8.58. The molecule has 96 valence electrons. The van der Waals surface area contributed by atoms with Gasteiger partial charge in [0.1, 0.15) is 5.82 Å². The van der Waals surface area contributed by atoms with Crippen molar-refractivity contribution >= 4 is 0 Å². The Morgan fingerprint density at radius 1 is 1.28 bits per heavy atom. The molecule has 0 atom stereocenters. The van der Waals surface area contributed by atoms with Gasteiger partial charge in [-0.1, -0.05) is 13.8 Å². The van der Waals surface area contributed by atoms with Crippen molar-refractivity contribution in [3.8, 4) is 5.95 Å². The monoisotopic (exact) mass is 245 g/mol. The lowest BCUT2D eigenvalue weighted by molar-refractivity contribution is 0.584. The van der Waals surface area contributed by atoms with Crippen molar-refractivity contribution in [3.63, 3.8) is 0 Å². The lowest BCUT2D eigenvalue weighted by Gasteiger charge is -2.11. The van der Waals surface area contributed by atoms with Crippen LogP contribution < -0.4 is 5.32 Å². The molecule has 5 nitrogen and oxygen atoms in total. The fraction of sp³-hybridized carbons (Fsp3) is 0.462. The fourth-order valence-corrected chi connectivity index (χ4v) is 1.67. The number of nitrogens with zero attached hydrogens (tertiary/aromatic N) is 4. The average molecular weight is 245 g/mol. The largest absolute Gasteiger partial charge is 0.310 e. The van der Waals surface area contributed by atoms with E-state index in [4.69, 9.17) is 0 Å². The number of hydrogen-bond acceptors (Lipinski definition) is 4. The topological polar surface area (TPSA) is 55.6 Å². The summed E-state index contributed by atoms with van der Waals surface area (Å²) in [5.74, 6) is 1.57. The Labute approximate surface area is 107 Å². The van der Waals surface area contributed by atoms with Crippen molar-refractivity contribution in [2.45, 2.75) is 40.3 Å². The van der Waals surface area contributed by atoms with Gasteiger partial charge in [0.05, 0.1) is 0 Å². The quantitative estimate of drug-likeness (QED) is 0.892. The second kappa shape index (κ2) is 5.27. The molecular formula is C13H19N5. The summed E-state index contributed by atoms with van der Waals surface area (Å²) in [5.41, 5.74) is 2.13. The van der Waals surface area contributed by atoms with Gasteiger partial charge in [-0.15, -0.1) is 0 Å². The molecule has 0 fully saturated rings. The first kappa shape index (κ1) is 12.7. The summed E-state index contributed by atoms with van der Waals surface area (Å²) in [5, 5.41) is 3.37. The molecule has 0 bridgehead atoms. The van der Waals surface area contributed by atoms with E-state index in [1.807, 2.05) is 30.8 Å². The third-order valence-corrected chi connectivity index (χ3v) is 2.81. The summed E-state index contributed by atoms with van der Waals surface area (Å²) in [6, 6.07) is 0.458. The van der Waals surface area contributed by atoms with E-state index in [0.29, 0.717) is 12.0 Å². The van der Waals surface area contributed by atoms with Crippen molar-refractivity contribution in [1.82, 2.24) is 24.8 Å². The van der Waals surface area contributed by atoms with Gasteiger partial charge in [0, 0.05) is 42.4 Å². The molecule has 0 aliphatic heterocycles. The van der Waals surface area contributed by atoms with Gasteiger partial charge < -0.3 is 5.32 Å². The van der Waals surface area contributed by atoms with Crippen molar-refractivity contribution in [3.05, 3.63) is 35.7 Å². The molecule has 2 aromatic rings. The Kier molecular flexibility index (Phi) is 3.72. The number of imidazole rings is 1. The summed E-state index contributed by atoms with van der Waals surface area (Å²) in [4.78, 5) is 13.1. The number of aromatic nitrogens is 4. The maximum absolute atomic E-state index is 4.53. The molecule has 0 aliphatic carbocycles. The van der Waals surface area contributed by atoms with E-state index in [1.165, 1.54) is 0 Å². The second-order valence-corrected chi connectivity index (χ2v) is 4.66. The van der Waals surface area contributed by atoms with Crippen LogP contribution in [0.1, 0.15) is 30.9 Å². The number of hydrogen-bond donors (Lipinski definition) is 1. The molecule has 0 amide bonds. The maximum atomic E-state index is 4.53. The van der Waals surface area contributed by atoms with Crippen LogP contribution in [-0.2, 0) is 6.54 Å². The smallest absolute Gasteiger partial charge is 0.235 e. The maximum Gasteiger partial charge on any atom is 0.235 e. The summed E-state index contributed by atoms with van der Waals surface area (Å²) >= 11 is 0. The lowest BCUT2D eigenvalue weighted by atomic mass is 10.2. The number of nitrogens with one attached hydrogen (secondary N) is 1. The van der Waals surface area contributed by atoms with E-state index in [-0.39, 0.29) is 0 Å². The minimum atomic E-state index is 0.458. The van der Waals surface area contributed by atoms with Gasteiger partial charge in [0.25, 0.3) is 0 Å². The van der Waals surface area contributed by atoms with E-state index in [1.54, 1.807) is 6.20 Å². The van der Waals surface area contributed by atoms with Gasteiger partial charge in [-0.2, -0.15) is 0 Å². The van der Waals surface area contributed by atoms with E-state index >= 15 is 0 Å². The van der Waals surface area contributed by atoms with Crippen LogP contribution in [0, 0.1) is 13.8 Å². The van der Waals surface area contributed by atoms with Crippen LogP contribution in [0.2, 0.25) is 0 Å². The molecule has 18 heavy (non-hydrogen) atoms. The fourth-order valence-electron chi connectivity index (χ4n) is 1.67. The molecule has 0 spiro atoms. The molecule has 0 unspecified atom stereocenters. The van der Waals surface area contributed by atoms with Crippen LogP contribution in [0.25, 0.3) is 5.95 Å². The molecule has 0 radical (unpaired) electrons. The zero-order chi connectivity index (χ0) is 13.1. The molecule has 2 rings (SSSR count). The van der Waals surface area contributed by atoms with Crippen molar-refractivity contribution in [2.24, 2.45) is 0 Å². The number of rotatable bonds is 4. The minimum absolute atomic E-state index is 0.458. The van der Waals surface area contributed by atoms with Crippen molar-refractivity contribution < 1.29 is 0 Å². The van der Waals surface area contributed by atoms with E-state index in [0.717, 1.165) is 23.6 Å². The Hall–Kier alpha value is -1.75. The van der Waals surface area contributed by atoms with E-state index < -0.39 is 0 Å². The Balaban J connectivity index is 2.22. The van der Waals surface area contributed by atoms with Crippen LogP contribution in [0.3, 0.4) is 0 Å². The average Bonchev–Trinajstić information content (AvgIpc) is 2.73. The van der Waals surface area contributed by atoms with E-state index in [9.17, 15) is 0 Å². The Bertz CT molecular complexity index is 530. The summed E-state index contributed by atoms with van der Waals surface area (Å²) < 4.78 is 1.88. The molecule has 2 aromatic heterocycles. The van der Waals surface area contributed by atoms with Gasteiger partial charge in [0.15, 0.2) is 0 Å². The van der Waals surface area contributed by atoms with Crippen molar-refractivity contribution in [2.75, 3.05) is 0 Å². The summed E-state index contributed by atoms with van der Waals surface area (Å²) in [6.07, 6.45) is 5.50. The van der Waals surface area contributed by atoms with Crippen LogP contribution >= 0.6 is 0 Å². The zero-order valence-corrected chi connectivity index (χ0v) is 11.3. The molecule has 0 aliphatic rings. The number of aryl methyl sites for hydroxylation is 2. The van der Waals surface area contributed by atoms with Crippen LogP contribution in [-0.4, -0.2) is 25.6 Å². The highest BCUT2D eigenvalue weighted by Crippen LogP contribution is 2.09. The lowest BCUT2D eigenvalue weighted by Crippen LogP contribution is -2.22. The van der Waals surface area contributed by atoms with Crippen LogP contribution in [0.5, 0.6) is 0 Å². The SMILES string of the molecule is Cc1nc(-n2ccnc2C)ncc1CNC(C)C. The normalized spacial score (nSPS) is 11.2. The van der Waals surface area contributed by atoms with Gasteiger partial charge in [0.2, 0.25) is 5.95 Å². The summed E-state index contributed by atoms with van der Waals surface area (Å²) in [6.45, 7) is 8.99. The first-order valence-corrected chi connectivity index (χ1v) is 6.14. The van der Waals surface area contributed by atoms with Gasteiger partial charge in [-0.3, -0.25) is 4.57 Å². The molecule has 0 saturated carbocycles. The molecule has 5 heteroatoms. The molecular weight excluding hydrogens is 226 g/mol. The zero-order valence-electron chi connectivity index (χ0n) is 11.3. The molecule has 2 heterocycles. The standard InChI is InChI=1S/C13H19N5/c1-9(2)15-7-12-8-16-13(17-10(12)3)18-6-5-14-11(18)4/h5-6,8-9,15H,7H2,1-4H3. The molecule has 0 aromatic carbocycles. The predicted octanol–water partition coefficient (Wildman–Crippen LogP) is 1.78. The highest BCUT2D eigenvalue weighted by Gasteiger charge is 2.07. The van der Waals surface area contributed by atoms with Gasteiger partial charge >= 0.3 is 0 Å². The predicted molar refractivity (Wildman–Crippen MR) is 70.6 cm³/mol. The molecule has 0 saturated heterocycles. The minimum Gasteiger partial charge on any atom is -0.310 e. The summed E-state index contributed by atoms with van der Waals surface area (Å²) in [7, 11) is 0. The van der Waals surface area contributed by atoms with Gasteiger partial charge in [-0.25, -0.2) is 15.0 Å². The van der Waals surface area contributed by atoms with Crippen LogP contribution in [0.4, 0.5) is 0 Å². The van der Waals surface area contributed by atoms with Crippen molar-refractivity contribution in [1.29, 1.82) is 0 Å². The first-order valence-electron chi connectivity index (χ1n) is 6.14. The Morgan fingerprint density at radius 2 is 2.06 bits per heavy atom. The van der Waals surface area contributed by atoms with Crippen LogP contribution in [0.15, 0.2) is 18.6 Å². The molecule has 1 N–H and O–H groups in total. The highest BCUT2D eigenvalue weighted by atomic mass is 15.2. The Morgan fingerprint density at radius 3 is 2.61 bits per heavy atom. The van der Waals surface area contributed by atoms with Gasteiger partial charge in [-0.05, 0) is 13.8 Å². The second-order valence-electron chi connectivity index (χ2n) is 4.66.